The van der Waals surface area contributed by atoms with Gasteiger partial charge in [-0.25, -0.2) is 0 Å². The van der Waals surface area contributed by atoms with Crippen LogP contribution in [0.5, 0.6) is 0 Å². The number of benzene rings is 1. The predicted octanol–water partition coefficient (Wildman–Crippen LogP) is -2.65. The van der Waals surface area contributed by atoms with Gasteiger partial charge in [0.15, 0.2) is 0 Å². The fourth-order valence-corrected chi connectivity index (χ4v) is 0.916. The summed E-state index contributed by atoms with van der Waals surface area (Å²) in [5, 5.41) is 18.8. The zero-order valence-electron chi connectivity index (χ0n) is 7.73. The topological polar surface area (TPSA) is 63.9 Å². The summed E-state index contributed by atoms with van der Waals surface area (Å²) in [4.78, 5) is 10.2. The van der Waals surface area contributed by atoms with Crippen molar-refractivity contribution in [1.29, 1.82) is 5.26 Å². The molecule has 0 N–H and O–H groups in total. The van der Waals surface area contributed by atoms with Crippen LogP contribution in [0.4, 0.5) is 0 Å². The van der Waals surface area contributed by atoms with Gasteiger partial charge in [0.1, 0.15) is 0 Å². The molecule has 0 amide bonds. The number of nitriles is 1. The van der Waals surface area contributed by atoms with Crippen molar-refractivity contribution in [3.8, 4) is 6.07 Å². The van der Waals surface area contributed by atoms with Gasteiger partial charge in [-0.1, -0.05) is 30.3 Å². The molecule has 0 radical (unpaired) electrons. The standard InChI is InChI=1S/C10H7NO2.K/c11-7-9(6-10(12)13)8-4-2-1-3-5-8;/h1-6H,(H,12,13);/q;+1/p-1/b9-6+;. The molecule has 64 valence electrons. The Kier molecular flexibility index (Phi) is 6.71. The summed E-state index contributed by atoms with van der Waals surface area (Å²) in [6.45, 7) is 0. The normalized spacial score (nSPS) is 9.79. The first-order valence-electron chi connectivity index (χ1n) is 3.62. The third kappa shape index (κ3) is 4.18. The minimum Gasteiger partial charge on any atom is -0.545 e. The number of carboxylic acid groups (broad SMARTS) is 1. The summed E-state index contributed by atoms with van der Waals surface area (Å²) in [7, 11) is 0. The van der Waals surface area contributed by atoms with Crippen LogP contribution >= 0.6 is 0 Å². The van der Waals surface area contributed by atoms with E-state index < -0.39 is 5.97 Å². The Morgan fingerprint density at radius 2 is 1.93 bits per heavy atom. The molecule has 0 heterocycles. The van der Waals surface area contributed by atoms with E-state index in [1.54, 1.807) is 36.4 Å². The average molecular weight is 211 g/mol. The molecule has 1 rings (SSSR count). The Labute approximate surface area is 124 Å². The van der Waals surface area contributed by atoms with Gasteiger partial charge in [-0.05, 0) is 11.6 Å². The molecule has 0 aliphatic carbocycles. The van der Waals surface area contributed by atoms with Gasteiger partial charge in [0, 0.05) is 0 Å². The van der Waals surface area contributed by atoms with Crippen molar-refractivity contribution in [2.45, 2.75) is 0 Å². The van der Waals surface area contributed by atoms with E-state index >= 15 is 0 Å². The van der Waals surface area contributed by atoms with Crippen LogP contribution in [0.25, 0.3) is 5.57 Å². The van der Waals surface area contributed by atoms with E-state index in [0.717, 1.165) is 6.08 Å². The molecule has 0 aliphatic rings. The monoisotopic (exact) mass is 211 g/mol. The van der Waals surface area contributed by atoms with Crippen molar-refractivity contribution in [2.24, 2.45) is 0 Å². The molecule has 0 saturated heterocycles. The van der Waals surface area contributed by atoms with Crippen LogP contribution in [-0.2, 0) is 4.79 Å². The van der Waals surface area contributed by atoms with Crippen LogP contribution in [-0.4, -0.2) is 5.97 Å². The number of carboxylic acids is 1. The molecular weight excluding hydrogens is 205 g/mol. The molecule has 0 spiro atoms. The van der Waals surface area contributed by atoms with E-state index in [0.29, 0.717) is 5.56 Å². The first-order chi connectivity index (χ1) is 6.24. The Hall–Kier alpha value is -0.444. The summed E-state index contributed by atoms with van der Waals surface area (Å²) in [6.07, 6.45) is 0.787. The van der Waals surface area contributed by atoms with Crippen LogP contribution in [0.3, 0.4) is 0 Å². The molecule has 1 aromatic carbocycles. The van der Waals surface area contributed by atoms with Gasteiger partial charge < -0.3 is 9.90 Å². The number of rotatable bonds is 2. The first-order valence-corrected chi connectivity index (χ1v) is 3.62. The van der Waals surface area contributed by atoms with Gasteiger partial charge in [-0.3, -0.25) is 0 Å². The van der Waals surface area contributed by atoms with E-state index in [-0.39, 0.29) is 57.0 Å². The zero-order valence-corrected chi connectivity index (χ0v) is 10.9. The molecule has 0 bridgehead atoms. The van der Waals surface area contributed by atoms with Crippen molar-refractivity contribution in [3.05, 3.63) is 42.0 Å². The molecular formula is C10H6KNO2. The maximum absolute atomic E-state index is 10.2. The smallest absolute Gasteiger partial charge is 0.545 e. The van der Waals surface area contributed by atoms with Crippen molar-refractivity contribution in [2.75, 3.05) is 0 Å². The van der Waals surface area contributed by atoms with Gasteiger partial charge in [-0.15, -0.1) is 0 Å². The van der Waals surface area contributed by atoms with Crippen molar-refractivity contribution < 1.29 is 61.3 Å². The summed E-state index contributed by atoms with van der Waals surface area (Å²) in [6, 6.07) is 10.4. The Bertz CT molecular complexity index is 379. The van der Waals surface area contributed by atoms with E-state index in [4.69, 9.17) is 5.26 Å². The SMILES string of the molecule is N#C/C(=C\C(=O)[O-])c1ccccc1.[K+]. The quantitative estimate of drug-likeness (QED) is 0.305. The summed E-state index contributed by atoms with van der Waals surface area (Å²) in [5.74, 6) is -1.36. The molecule has 3 nitrogen and oxygen atoms in total. The third-order valence-corrected chi connectivity index (χ3v) is 1.47. The van der Waals surface area contributed by atoms with E-state index in [2.05, 4.69) is 0 Å². The Morgan fingerprint density at radius 1 is 1.36 bits per heavy atom. The van der Waals surface area contributed by atoms with Crippen LogP contribution in [0.15, 0.2) is 36.4 Å². The average Bonchev–Trinajstić information content (AvgIpc) is 2.15. The van der Waals surface area contributed by atoms with Gasteiger partial charge in [0.05, 0.1) is 17.6 Å². The number of carbonyl (C=O) groups is 1. The van der Waals surface area contributed by atoms with Gasteiger partial charge in [0.25, 0.3) is 0 Å². The molecule has 0 aliphatic heterocycles. The zero-order chi connectivity index (χ0) is 9.68. The largest absolute Gasteiger partial charge is 1.00 e. The predicted molar refractivity (Wildman–Crippen MR) is 45.0 cm³/mol. The number of aliphatic carboxylic acids is 1. The second-order valence-electron chi connectivity index (χ2n) is 2.35. The van der Waals surface area contributed by atoms with Crippen molar-refractivity contribution >= 4 is 11.5 Å². The first kappa shape index (κ1) is 13.6. The minimum absolute atomic E-state index is 0. The van der Waals surface area contributed by atoms with Gasteiger partial charge >= 0.3 is 51.4 Å². The van der Waals surface area contributed by atoms with E-state index in [1.165, 1.54) is 0 Å². The van der Waals surface area contributed by atoms with Crippen LogP contribution in [0, 0.1) is 11.3 Å². The molecule has 0 aromatic heterocycles. The maximum atomic E-state index is 10.2. The van der Waals surface area contributed by atoms with Crippen LogP contribution in [0.2, 0.25) is 0 Å². The van der Waals surface area contributed by atoms with E-state index in [9.17, 15) is 9.90 Å². The molecule has 0 fully saturated rings. The second-order valence-corrected chi connectivity index (χ2v) is 2.35. The molecule has 1 aromatic rings. The molecule has 0 atom stereocenters. The number of nitrogens with zero attached hydrogens (tertiary/aromatic N) is 1. The number of carbonyl (C=O) groups excluding carboxylic acids is 1. The fraction of sp³-hybridized carbons (Fsp3) is 0. The number of hydrogen-bond acceptors (Lipinski definition) is 3. The summed E-state index contributed by atoms with van der Waals surface area (Å²) in [5.41, 5.74) is 0.676. The maximum Gasteiger partial charge on any atom is 1.00 e. The van der Waals surface area contributed by atoms with Crippen molar-refractivity contribution in [1.82, 2.24) is 0 Å². The summed E-state index contributed by atoms with van der Waals surface area (Å²) < 4.78 is 0. The van der Waals surface area contributed by atoms with Gasteiger partial charge in [0.2, 0.25) is 0 Å². The molecule has 0 saturated carbocycles. The molecule has 4 heteroatoms. The molecule has 0 unspecified atom stereocenters. The Morgan fingerprint density at radius 3 is 2.36 bits per heavy atom. The van der Waals surface area contributed by atoms with Crippen molar-refractivity contribution in [3.63, 3.8) is 0 Å². The van der Waals surface area contributed by atoms with Crippen LogP contribution < -0.4 is 56.5 Å². The number of hydrogen-bond donors (Lipinski definition) is 0. The minimum atomic E-state index is -1.36. The van der Waals surface area contributed by atoms with Gasteiger partial charge in [-0.2, -0.15) is 5.26 Å². The molecule has 14 heavy (non-hydrogen) atoms. The third-order valence-electron chi connectivity index (χ3n) is 1.47. The summed E-state index contributed by atoms with van der Waals surface area (Å²) >= 11 is 0. The Balaban J connectivity index is 0.00000169. The van der Waals surface area contributed by atoms with Crippen LogP contribution in [0.1, 0.15) is 5.56 Å². The second kappa shape index (κ2) is 6.93. The van der Waals surface area contributed by atoms with E-state index in [1.807, 2.05) is 0 Å². The fourth-order valence-electron chi connectivity index (χ4n) is 0.916. The number of allylic oxidation sites excluding steroid dienone is 1.